The van der Waals surface area contributed by atoms with E-state index in [0.717, 1.165) is 29.5 Å². The van der Waals surface area contributed by atoms with Gasteiger partial charge in [0, 0.05) is 11.8 Å². The van der Waals surface area contributed by atoms with Crippen molar-refractivity contribution >= 4 is 18.3 Å². The maximum atomic E-state index is 11.8. The maximum absolute atomic E-state index is 11.8. The molecule has 0 heterocycles. The number of hydrogen-bond donors (Lipinski definition) is 1. The van der Waals surface area contributed by atoms with Crippen LogP contribution in [-0.4, -0.2) is 18.8 Å². The van der Waals surface area contributed by atoms with Crippen molar-refractivity contribution in [1.29, 1.82) is 5.41 Å². The summed E-state index contributed by atoms with van der Waals surface area (Å²) >= 11 is 0. The van der Waals surface area contributed by atoms with Gasteiger partial charge in [0.1, 0.15) is 0 Å². The second-order valence-electron chi connectivity index (χ2n) is 5.89. The van der Waals surface area contributed by atoms with Gasteiger partial charge in [0.25, 0.3) is 0 Å². The van der Waals surface area contributed by atoms with E-state index in [1.165, 1.54) is 25.5 Å². The van der Waals surface area contributed by atoms with Crippen LogP contribution in [0.15, 0.2) is 41.5 Å². The average molecular weight is 327 g/mol. The van der Waals surface area contributed by atoms with Gasteiger partial charge in [-0.05, 0) is 49.5 Å². The van der Waals surface area contributed by atoms with Crippen molar-refractivity contribution < 1.29 is 9.53 Å². The van der Waals surface area contributed by atoms with Crippen molar-refractivity contribution in [2.24, 2.45) is 0 Å². The van der Waals surface area contributed by atoms with Crippen LogP contribution in [0.1, 0.15) is 64.0 Å². The van der Waals surface area contributed by atoms with E-state index in [2.05, 4.69) is 13.0 Å². The lowest BCUT2D eigenvalue weighted by Gasteiger charge is -2.07. The molecule has 0 unspecified atom stereocenters. The van der Waals surface area contributed by atoms with Crippen molar-refractivity contribution in [3.8, 4) is 0 Å². The molecule has 0 saturated heterocycles. The lowest BCUT2D eigenvalue weighted by atomic mass is 10.0. The number of allylic oxidation sites excluding steroid dienone is 2. The molecular weight excluding hydrogens is 298 g/mol. The van der Waals surface area contributed by atoms with Gasteiger partial charge in [-0.25, -0.2) is 4.79 Å². The fourth-order valence-corrected chi connectivity index (χ4v) is 2.43. The standard InChI is InChI=1S/C21H29NO2/c1-4-6-7-8-9-20(14-17(3)21(23)24-5-2)15-18-10-12-19(16-22)13-11-18/h10-16,22H,4-9H2,1-3H3/b17-14+,20-15+,22-16?. The molecule has 1 N–H and O–H groups in total. The fraction of sp³-hybridized carbons (Fsp3) is 0.429. The second-order valence-corrected chi connectivity index (χ2v) is 5.89. The lowest BCUT2D eigenvalue weighted by molar-refractivity contribution is -0.138. The van der Waals surface area contributed by atoms with Crippen LogP contribution in [0.4, 0.5) is 0 Å². The van der Waals surface area contributed by atoms with Crippen molar-refractivity contribution in [1.82, 2.24) is 0 Å². The summed E-state index contributed by atoms with van der Waals surface area (Å²) < 4.78 is 5.07. The molecule has 0 aromatic heterocycles. The van der Waals surface area contributed by atoms with Crippen LogP contribution >= 0.6 is 0 Å². The van der Waals surface area contributed by atoms with E-state index in [1.807, 2.05) is 37.3 Å². The quantitative estimate of drug-likeness (QED) is 0.201. The number of esters is 1. The number of carbonyl (C=O) groups is 1. The highest BCUT2D eigenvalue weighted by atomic mass is 16.5. The third-order valence-electron chi connectivity index (χ3n) is 3.77. The van der Waals surface area contributed by atoms with Crippen molar-refractivity contribution in [3.05, 3.63) is 52.6 Å². The number of benzene rings is 1. The van der Waals surface area contributed by atoms with Crippen molar-refractivity contribution in [2.75, 3.05) is 6.61 Å². The van der Waals surface area contributed by atoms with Gasteiger partial charge in [-0.3, -0.25) is 0 Å². The Morgan fingerprint density at radius 3 is 2.33 bits per heavy atom. The van der Waals surface area contributed by atoms with Gasteiger partial charge in [-0.1, -0.05) is 56.5 Å². The number of carbonyl (C=O) groups excluding carboxylic acids is 1. The van der Waals surface area contributed by atoms with Crippen LogP contribution < -0.4 is 0 Å². The Hall–Kier alpha value is -2.16. The molecule has 1 aromatic rings. The van der Waals surface area contributed by atoms with E-state index >= 15 is 0 Å². The molecule has 0 bridgehead atoms. The third-order valence-corrected chi connectivity index (χ3v) is 3.77. The van der Waals surface area contributed by atoms with Crippen molar-refractivity contribution in [3.63, 3.8) is 0 Å². The maximum Gasteiger partial charge on any atom is 0.333 e. The minimum Gasteiger partial charge on any atom is -0.463 e. The van der Waals surface area contributed by atoms with Crippen molar-refractivity contribution in [2.45, 2.75) is 52.9 Å². The molecular formula is C21H29NO2. The predicted molar refractivity (Wildman–Crippen MR) is 101 cm³/mol. The monoisotopic (exact) mass is 327 g/mol. The summed E-state index contributed by atoms with van der Waals surface area (Å²) in [5.74, 6) is -0.254. The number of ether oxygens (including phenoxy) is 1. The smallest absolute Gasteiger partial charge is 0.333 e. The first-order chi connectivity index (χ1) is 11.6. The van der Waals surface area contributed by atoms with Gasteiger partial charge in [-0.2, -0.15) is 0 Å². The van der Waals surface area contributed by atoms with Crippen LogP contribution in [0.3, 0.4) is 0 Å². The Kier molecular flexibility index (Phi) is 9.44. The second kappa shape index (κ2) is 11.4. The normalized spacial score (nSPS) is 12.1. The number of rotatable bonds is 10. The topological polar surface area (TPSA) is 50.2 Å². The molecule has 1 aromatic carbocycles. The van der Waals surface area contributed by atoms with E-state index in [9.17, 15) is 4.79 Å². The molecule has 0 aliphatic rings. The summed E-state index contributed by atoms with van der Waals surface area (Å²) in [7, 11) is 0. The highest BCUT2D eigenvalue weighted by Gasteiger charge is 2.06. The Bertz CT molecular complexity index is 582. The molecule has 3 heteroatoms. The minimum absolute atomic E-state index is 0.254. The highest BCUT2D eigenvalue weighted by Crippen LogP contribution is 2.18. The molecule has 0 atom stereocenters. The molecule has 24 heavy (non-hydrogen) atoms. The van der Waals surface area contributed by atoms with Crippen LogP contribution in [0.25, 0.3) is 6.08 Å². The summed E-state index contributed by atoms with van der Waals surface area (Å²) in [6.45, 7) is 6.21. The molecule has 0 radical (unpaired) electrons. The summed E-state index contributed by atoms with van der Waals surface area (Å²) in [5.41, 5.74) is 3.74. The molecule has 130 valence electrons. The molecule has 3 nitrogen and oxygen atoms in total. The van der Waals surface area contributed by atoms with E-state index in [4.69, 9.17) is 10.1 Å². The van der Waals surface area contributed by atoms with Gasteiger partial charge in [0.2, 0.25) is 0 Å². The van der Waals surface area contributed by atoms with Gasteiger partial charge in [0.05, 0.1) is 6.61 Å². The first-order valence-electron chi connectivity index (χ1n) is 8.77. The van der Waals surface area contributed by atoms with E-state index in [-0.39, 0.29) is 5.97 Å². The Morgan fingerprint density at radius 1 is 1.08 bits per heavy atom. The number of hydrogen-bond acceptors (Lipinski definition) is 3. The largest absolute Gasteiger partial charge is 0.463 e. The van der Waals surface area contributed by atoms with Gasteiger partial charge < -0.3 is 10.1 Å². The number of unbranched alkanes of at least 4 members (excludes halogenated alkanes) is 3. The fourth-order valence-electron chi connectivity index (χ4n) is 2.43. The minimum atomic E-state index is -0.254. The predicted octanol–water partition coefficient (Wildman–Crippen LogP) is 5.55. The van der Waals surface area contributed by atoms with E-state index in [1.54, 1.807) is 6.92 Å². The Morgan fingerprint density at radius 2 is 1.75 bits per heavy atom. The molecule has 0 aliphatic heterocycles. The molecule has 1 rings (SSSR count). The first-order valence-corrected chi connectivity index (χ1v) is 8.77. The molecule has 0 spiro atoms. The summed E-state index contributed by atoms with van der Waals surface area (Å²) in [4.78, 5) is 11.8. The van der Waals surface area contributed by atoms with Gasteiger partial charge in [-0.15, -0.1) is 0 Å². The van der Waals surface area contributed by atoms with Crippen LogP contribution in [0.2, 0.25) is 0 Å². The lowest BCUT2D eigenvalue weighted by Crippen LogP contribution is -2.05. The van der Waals surface area contributed by atoms with Gasteiger partial charge >= 0.3 is 5.97 Å². The zero-order valence-corrected chi connectivity index (χ0v) is 15.1. The van der Waals surface area contributed by atoms with Crippen LogP contribution in [0, 0.1) is 5.41 Å². The third kappa shape index (κ3) is 7.40. The first kappa shape index (κ1) is 19.9. The molecule has 0 amide bonds. The SMILES string of the molecule is CCCCCCC(=C\c1ccc(C=N)cc1)/C=C(\C)C(=O)OCC. The van der Waals surface area contributed by atoms with Gasteiger partial charge in [0.15, 0.2) is 0 Å². The Balaban J connectivity index is 2.93. The average Bonchev–Trinajstić information content (AvgIpc) is 2.59. The summed E-state index contributed by atoms with van der Waals surface area (Å²) in [5, 5.41) is 7.26. The molecule has 0 fully saturated rings. The summed E-state index contributed by atoms with van der Waals surface area (Å²) in [6.07, 6.45) is 11.1. The van der Waals surface area contributed by atoms with Crippen LogP contribution in [0.5, 0.6) is 0 Å². The zero-order chi connectivity index (χ0) is 17.8. The molecule has 0 aliphatic carbocycles. The highest BCUT2D eigenvalue weighted by molar-refractivity contribution is 5.88. The molecule has 0 saturated carbocycles. The van der Waals surface area contributed by atoms with E-state index in [0.29, 0.717) is 12.2 Å². The van der Waals surface area contributed by atoms with E-state index < -0.39 is 0 Å². The summed E-state index contributed by atoms with van der Waals surface area (Å²) in [6, 6.07) is 7.85. The Labute approximate surface area is 145 Å². The van der Waals surface area contributed by atoms with Crippen LogP contribution in [-0.2, 0) is 9.53 Å². The zero-order valence-electron chi connectivity index (χ0n) is 15.1. The number of nitrogens with one attached hydrogen (secondary N) is 1.